The molecule has 20 heavy (non-hydrogen) atoms. The van der Waals surface area contributed by atoms with Gasteiger partial charge in [0.15, 0.2) is 0 Å². The molecule has 1 atom stereocenters. The lowest BCUT2D eigenvalue weighted by molar-refractivity contribution is 0.230. The fourth-order valence-corrected chi connectivity index (χ4v) is 6.60. The summed E-state index contributed by atoms with van der Waals surface area (Å²) in [6.07, 6.45) is 2.09. The van der Waals surface area contributed by atoms with E-state index in [0.29, 0.717) is 0 Å². The van der Waals surface area contributed by atoms with E-state index >= 15 is 0 Å². The van der Waals surface area contributed by atoms with E-state index in [1.54, 1.807) is 0 Å². The van der Waals surface area contributed by atoms with Gasteiger partial charge in [-0.1, -0.05) is 24.3 Å². The van der Waals surface area contributed by atoms with Crippen LogP contribution in [0.25, 0.3) is 0 Å². The number of rotatable bonds is 1. The van der Waals surface area contributed by atoms with Crippen molar-refractivity contribution in [2.75, 3.05) is 33.7 Å². The highest BCUT2D eigenvalue weighted by molar-refractivity contribution is 7.56. The average molecular weight is 293 g/mol. The third kappa shape index (κ3) is 2.06. The highest BCUT2D eigenvalue weighted by atomic mass is 31.2. The highest BCUT2D eigenvalue weighted by Gasteiger charge is 2.45. The lowest BCUT2D eigenvalue weighted by atomic mass is 9.96. The van der Waals surface area contributed by atoms with Gasteiger partial charge in [0.1, 0.15) is 0 Å². The van der Waals surface area contributed by atoms with Crippen LogP contribution in [0.2, 0.25) is 0 Å². The number of benzene rings is 1. The Labute approximate surface area is 121 Å². The first-order valence-electron chi connectivity index (χ1n) is 7.43. The molecule has 110 valence electrons. The van der Waals surface area contributed by atoms with Gasteiger partial charge in [-0.05, 0) is 45.0 Å². The van der Waals surface area contributed by atoms with E-state index in [0.717, 1.165) is 32.5 Å². The summed E-state index contributed by atoms with van der Waals surface area (Å²) >= 11 is 0. The summed E-state index contributed by atoms with van der Waals surface area (Å²) in [6.45, 7) is 4.91. The van der Waals surface area contributed by atoms with Crippen LogP contribution in [0.3, 0.4) is 0 Å². The van der Waals surface area contributed by atoms with E-state index in [-0.39, 0.29) is 6.04 Å². The van der Waals surface area contributed by atoms with Gasteiger partial charge in [0.05, 0.1) is 0 Å². The lowest BCUT2D eigenvalue weighted by Crippen LogP contribution is -2.45. The minimum atomic E-state index is -2.58. The predicted molar refractivity (Wildman–Crippen MR) is 82.8 cm³/mol. The van der Waals surface area contributed by atoms with Crippen molar-refractivity contribution in [1.82, 2.24) is 14.0 Å². The summed E-state index contributed by atoms with van der Waals surface area (Å²) in [6, 6.07) is 8.79. The maximum atomic E-state index is 13.6. The molecule has 1 saturated heterocycles. The largest absolute Gasteiger partial charge is 0.286 e. The second-order valence-electron chi connectivity index (χ2n) is 5.92. The summed E-state index contributed by atoms with van der Waals surface area (Å²) < 4.78 is 20.0. The van der Waals surface area contributed by atoms with Crippen molar-refractivity contribution in [1.29, 1.82) is 0 Å². The van der Waals surface area contributed by atoms with Crippen LogP contribution < -0.4 is 0 Å². The quantitative estimate of drug-likeness (QED) is 0.744. The van der Waals surface area contributed by atoms with Gasteiger partial charge in [0, 0.05) is 25.7 Å². The van der Waals surface area contributed by atoms with Crippen LogP contribution in [0.4, 0.5) is 0 Å². The minimum Gasteiger partial charge on any atom is -0.270 e. The summed E-state index contributed by atoms with van der Waals surface area (Å²) in [5.41, 5.74) is 2.74. The molecule has 5 heteroatoms. The van der Waals surface area contributed by atoms with E-state index in [1.165, 1.54) is 11.1 Å². The summed E-state index contributed by atoms with van der Waals surface area (Å²) in [7, 11) is 1.42. The van der Waals surface area contributed by atoms with Gasteiger partial charge in [-0.3, -0.25) is 4.57 Å². The Hall–Kier alpha value is -0.670. The molecule has 0 aromatic heterocycles. The topological polar surface area (TPSA) is 26.8 Å². The Morgan fingerprint density at radius 3 is 2.45 bits per heavy atom. The minimum absolute atomic E-state index is 0.216. The van der Waals surface area contributed by atoms with Crippen molar-refractivity contribution in [3.8, 4) is 0 Å². The SMILES string of the molecule is CC1c2ccccc2CCN1P1(=O)N(C)CCCN1C. The zero-order valence-corrected chi connectivity index (χ0v) is 13.5. The van der Waals surface area contributed by atoms with Crippen LogP contribution in [-0.4, -0.2) is 47.7 Å². The van der Waals surface area contributed by atoms with Crippen LogP contribution >= 0.6 is 7.59 Å². The van der Waals surface area contributed by atoms with Gasteiger partial charge in [0.25, 0.3) is 7.59 Å². The number of hydrogen-bond donors (Lipinski definition) is 0. The van der Waals surface area contributed by atoms with Crippen molar-refractivity contribution < 1.29 is 4.57 Å². The van der Waals surface area contributed by atoms with E-state index in [4.69, 9.17) is 0 Å². The second-order valence-corrected chi connectivity index (χ2v) is 8.82. The van der Waals surface area contributed by atoms with E-state index in [1.807, 2.05) is 14.1 Å². The second kappa shape index (κ2) is 5.27. The number of fused-ring (bicyclic) bond motifs is 1. The van der Waals surface area contributed by atoms with Gasteiger partial charge >= 0.3 is 0 Å². The van der Waals surface area contributed by atoms with Crippen LogP contribution in [-0.2, 0) is 11.0 Å². The standard InChI is InChI=1S/C15H24N3OP/c1-13-15-8-5-4-7-14(15)9-12-18(13)20(19)16(2)10-6-11-17(20)3/h4-5,7-8,13H,6,9-12H2,1-3H3. The molecule has 2 heterocycles. The maximum Gasteiger partial charge on any atom is 0.286 e. The third-order valence-electron chi connectivity index (χ3n) is 4.75. The van der Waals surface area contributed by atoms with Gasteiger partial charge < -0.3 is 0 Å². The zero-order chi connectivity index (χ0) is 14.3. The average Bonchev–Trinajstić information content (AvgIpc) is 2.45. The molecule has 2 aliphatic rings. The molecule has 0 aliphatic carbocycles. The summed E-state index contributed by atoms with van der Waals surface area (Å²) in [5.74, 6) is 0. The van der Waals surface area contributed by atoms with Crippen molar-refractivity contribution in [2.24, 2.45) is 0 Å². The molecule has 2 aliphatic heterocycles. The molecular weight excluding hydrogens is 269 g/mol. The molecule has 1 aromatic carbocycles. The highest BCUT2D eigenvalue weighted by Crippen LogP contribution is 2.60. The summed E-state index contributed by atoms with van der Waals surface area (Å²) in [5, 5.41) is 0. The molecule has 1 fully saturated rings. The van der Waals surface area contributed by atoms with Gasteiger partial charge in [-0.2, -0.15) is 0 Å². The predicted octanol–water partition coefficient (Wildman–Crippen LogP) is 2.98. The fourth-order valence-electron chi connectivity index (χ4n) is 3.56. The molecule has 3 rings (SSSR count). The molecule has 0 bridgehead atoms. The molecule has 0 N–H and O–H groups in total. The van der Waals surface area contributed by atoms with Gasteiger partial charge in [-0.25, -0.2) is 14.0 Å². The van der Waals surface area contributed by atoms with Crippen molar-refractivity contribution in [2.45, 2.75) is 25.8 Å². The number of nitrogens with zero attached hydrogens (tertiary/aromatic N) is 3. The van der Waals surface area contributed by atoms with Crippen molar-refractivity contribution >= 4 is 7.59 Å². The monoisotopic (exact) mass is 293 g/mol. The first-order chi connectivity index (χ1) is 9.55. The van der Waals surface area contributed by atoms with Gasteiger partial charge in [-0.15, -0.1) is 0 Å². The van der Waals surface area contributed by atoms with Crippen LogP contribution in [0.1, 0.15) is 30.5 Å². The van der Waals surface area contributed by atoms with E-state index < -0.39 is 7.59 Å². The fraction of sp³-hybridized carbons (Fsp3) is 0.600. The molecule has 0 saturated carbocycles. The Kier molecular flexibility index (Phi) is 3.76. The molecule has 4 nitrogen and oxygen atoms in total. The molecule has 1 unspecified atom stereocenters. The maximum absolute atomic E-state index is 13.6. The molecule has 0 spiro atoms. The van der Waals surface area contributed by atoms with Crippen molar-refractivity contribution in [3.05, 3.63) is 35.4 Å². The molecule has 0 amide bonds. The summed E-state index contributed by atoms with van der Waals surface area (Å²) in [4.78, 5) is 0. The first-order valence-corrected chi connectivity index (χ1v) is 9.00. The lowest BCUT2D eigenvalue weighted by Gasteiger charge is -2.49. The Bertz CT molecular complexity index is 534. The molecule has 0 radical (unpaired) electrons. The molecule has 1 aromatic rings. The van der Waals surface area contributed by atoms with Gasteiger partial charge in [0.2, 0.25) is 0 Å². The van der Waals surface area contributed by atoms with Crippen molar-refractivity contribution in [3.63, 3.8) is 0 Å². The normalized spacial score (nSPS) is 28.2. The van der Waals surface area contributed by atoms with Crippen LogP contribution in [0.5, 0.6) is 0 Å². The first kappa shape index (κ1) is 14.3. The van der Waals surface area contributed by atoms with E-state index in [9.17, 15) is 4.57 Å². The Morgan fingerprint density at radius 2 is 1.75 bits per heavy atom. The zero-order valence-electron chi connectivity index (χ0n) is 12.6. The van der Waals surface area contributed by atoms with E-state index in [2.05, 4.69) is 45.2 Å². The Morgan fingerprint density at radius 1 is 1.10 bits per heavy atom. The number of hydrogen-bond acceptors (Lipinski definition) is 1. The smallest absolute Gasteiger partial charge is 0.270 e. The van der Waals surface area contributed by atoms with Crippen LogP contribution in [0.15, 0.2) is 24.3 Å². The Balaban J connectivity index is 1.97. The molecular formula is C15H24N3OP. The van der Waals surface area contributed by atoms with Crippen LogP contribution in [0, 0.1) is 0 Å². The third-order valence-corrected chi connectivity index (χ3v) is 8.14.